The van der Waals surface area contributed by atoms with Crippen molar-refractivity contribution >= 4 is 22.8 Å². The largest absolute Gasteiger partial charge is 0.490 e. The van der Waals surface area contributed by atoms with Crippen LogP contribution in [0.4, 0.5) is 22.0 Å². The van der Waals surface area contributed by atoms with Gasteiger partial charge < -0.3 is 24.5 Å². The van der Waals surface area contributed by atoms with E-state index in [1.807, 2.05) is 17.6 Å². The van der Waals surface area contributed by atoms with Crippen LogP contribution in [0, 0.1) is 17.8 Å². The van der Waals surface area contributed by atoms with Crippen molar-refractivity contribution in [3.8, 4) is 17.1 Å². The molecular formula is C40H48F5N5O5. The lowest BCUT2D eigenvalue weighted by atomic mass is 9.78. The Hall–Kier alpha value is -3.85. The summed E-state index contributed by atoms with van der Waals surface area (Å²) in [6.07, 6.45) is 2.83. The minimum Gasteiger partial charge on any atom is -0.490 e. The molecule has 2 bridgehead atoms. The zero-order valence-electron chi connectivity index (χ0n) is 30.9. The van der Waals surface area contributed by atoms with E-state index in [4.69, 9.17) is 9.47 Å². The van der Waals surface area contributed by atoms with E-state index in [1.165, 1.54) is 0 Å². The second kappa shape index (κ2) is 14.6. The smallest absolute Gasteiger partial charge is 0.434 e. The summed E-state index contributed by atoms with van der Waals surface area (Å²) < 4.78 is 86.5. The number of carboxylic acids is 1. The molecule has 8 rings (SSSR count). The summed E-state index contributed by atoms with van der Waals surface area (Å²) in [5, 5.41) is 13.3. The quantitative estimate of drug-likeness (QED) is 0.222. The number of rotatable bonds is 8. The molecule has 15 heteroatoms. The first-order chi connectivity index (χ1) is 26.2. The Morgan fingerprint density at radius 2 is 1.73 bits per heavy atom. The molecule has 3 aromatic rings. The lowest BCUT2D eigenvalue weighted by molar-refractivity contribution is -0.146. The molecule has 0 spiro atoms. The fraction of sp³-hybridized carbons (Fsp3) is 0.650. The minimum atomic E-state index is -5.07. The SMILES string of the molecule is CC1CC2CC(C1)C(NC(=O)c1cnc(-c3cn(C4CCC(F)(F)CC4)c4cc(OC5CCN(C6CCOCC6)CC5)ccc34)nc1C(F)(F)F)(C(=O)O)C2. The molecule has 2 aliphatic heterocycles. The van der Waals surface area contributed by atoms with Crippen LogP contribution in [0.15, 0.2) is 30.6 Å². The molecule has 2 N–H and O–H groups in total. The van der Waals surface area contributed by atoms with Crippen LogP contribution >= 0.6 is 0 Å². The molecule has 4 unspecified atom stereocenters. The average molecular weight is 774 g/mol. The van der Waals surface area contributed by atoms with Crippen molar-refractivity contribution in [2.75, 3.05) is 26.3 Å². The van der Waals surface area contributed by atoms with Crippen LogP contribution in [0.25, 0.3) is 22.3 Å². The predicted octanol–water partition coefficient (Wildman–Crippen LogP) is 7.90. The highest BCUT2D eigenvalue weighted by atomic mass is 19.4. The fourth-order valence-corrected chi connectivity index (χ4v) is 10.3. The fourth-order valence-electron chi connectivity index (χ4n) is 10.3. The molecule has 298 valence electrons. The van der Waals surface area contributed by atoms with Gasteiger partial charge in [-0.25, -0.2) is 23.5 Å². The normalized spacial score (nSPS) is 28.4. The van der Waals surface area contributed by atoms with E-state index >= 15 is 0 Å². The summed E-state index contributed by atoms with van der Waals surface area (Å²) in [5.74, 6) is -5.05. The predicted molar refractivity (Wildman–Crippen MR) is 192 cm³/mol. The van der Waals surface area contributed by atoms with Gasteiger partial charge in [0.2, 0.25) is 5.92 Å². The number of likely N-dealkylation sites (tertiary alicyclic amines) is 1. The summed E-state index contributed by atoms with van der Waals surface area (Å²) in [6.45, 7) is 5.37. The van der Waals surface area contributed by atoms with E-state index in [1.54, 1.807) is 18.3 Å². The Labute approximate surface area is 316 Å². The lowest BCUT2D eigenvalue weighted by Crippen LogP contribution is -2.57. The first kappa shape index (κ1) is 38.0. The molecule has 4 heterocycles. The van der Waals surface area contributed by atoms with Gasteiger partial charge in [-0.05, 0) is 94.1 Å². The highest BCUT2D eigenvalue weighted by Crippen LogP contribution is 2.51. The van der Waals surface area contributed by atoms with Crippen LogP contribution in [0.2, 0.25) is 0 Å². The summed E-state index contributed by atoms with van der Waals surface area (Å²) in [6, 6.07) is 5.47. The topological polar surface area (TPSA) is 119 Å². The van der Waals surface area contributed by atoms with E-state index in [2.05, 4.69) is 20.2 Å². The van der Waals surface area contributed by atoms with E-state index < -0.39 is 46.7 Å². The zero-order chi connectivity index (χ0) is 38.7. The van der Waals surface area contributed by atoms with Gasteiger partial charge in [-0.3, -0.25) is 9.69 Å². The monoisotopic (exact) mass is 773 g/mol. The number of carbonyl (C=O) groups excluding carboxylic acids is 1. The van der Waals surface area contributed by atoms with Gasteiger partial charge in [0.15, 0.2) is 11.5 Å². The van der Waals surface area contributed by atoms with Crippen molar-refractivity contribution in [1.29, 1.82) is 0 Å². The van der Waals surface area contributed by atoms with Gasteiger partial charge in [0, 0.05) is 80.6 Å². The Morgan fingerprint density at radius 1 is 1.00 bits per heavy atom. The van der Waals surface area contributed by atoms with Gasteiger partial charge in [-0.15, -0.1) is 0 Å². The first-order valence-electron chi connectivity index (χ1n) is 19.7. The standard InChI is InChI=1S/C40H48F5N5O5/c1-23-16-24-18-25(17-23)39(20-24,37(52)53)48-36(51)31-21-46-35(47-34(31)40(43,44)45)32-22-50(27-4-10-38(41,42)11-5-27)33-19-29(2-3-30(32)33)55-28-6-12-49(13-7-28)26-8-14-54-15-9-26/h2-3,19,21-28H,4-18,20H2,1H3,(H,48,51)(H,52,53). The van der Waals surface area contributed by atoms with E-state index in [0.29, 0.717) is 35.5 Å². The number of hydrogen-bond acceptors (Lipinski definition) is 7. The number of benzene rings is 1. The molecule has 3 saturated carbocycles. The molecule has 1 aromatic carbocycles. The van der Waals surface area contributed by atoms with Gasteiger partial charge in [-0.1, -0.05) is 6.92 Å². The van der Waals surface area contributed by atoms with Gasteiger partial charge in [0.25, 0.3) is 5.91 Å². The van der Waals surface area contributed by atoms with Crippen molar-refractivity contribution in [2.24, 2.45) is 17.8 Å². The number of amides is 1. The maximum atomic E-state index is 14.7. The molecule has 1 amide bonds. The third-order valence-electron chi connectivity index (χ3n) is 13.0. The number of halogens is 5. The highest BCUT2D eigenvalue weighted by Gasteiger charge is 2.56. The van der Waals surface area contributed by atoms with Crippen LogP contribution in [-0.2, 0) is 15.7 Å². The number of ether oxygens (including phenoxy) is 2. The van der Waals surface area contributed by atoms with Crippen molar-refractivity contribution in [3.05, 3.63) is 41.9 Å². The Morgan fingerprint density at radius 3 is 2.42 bits per heavy atom. The molecule has 5 fully saturated rings. The van der Waals surface area contributed by atoms with Gasteiger partial charge >= 0.3 is 12.1 Å². The summed E-state index contributed by atoms with van der Waals surface area (Å²) in [4.78, 5) is 37.0. The molecule has 55 heavy (non-hydrogen) atoms. The molecule has 2 aromatic heterocycles. The maximum absolute atomic E-state index is 14.7. The highest BCUT2D eigenvalue weighted by molar-refractivity contribution is 6.00. The molecular weight excluding hydrogens is 725 g/mol. The first-order valence-corrected chi connectivity index (χ1v) is 19.7. The lowest BCUT2D eigenvalue weighted by Gasteiger charge is -2.39. The molecule has 4 atom stereocenters. The molecule has 5 aliphatic rings. The molecule has 0 radical (unpaired) electrons. The van der Waals surface area contributed by atoms with Crippen LogP contribution in [0.5, 0.6) is 5.75 Å². The average Bonchev–Trinajstić information content (AvgIpc) is 3.65. The number of carbonyl (C=O) groups is 2. The van der Waals surface area contributed by atoms with Crippen LogP contribution < -0.4 is 10.1 Å². The number of aliphatic carboxylic acids is 1. The molecule has 2 saturated heterocycles. The molecule has 3 aliphatic carbocycles. The zero-order valence-corrected chi connectivity index (χ0v) is 30.9. The number of nitrogens with one attached hydrogen (secondary N) is 1. The minimum absolute atomic E-state index is 0.0337. The van der Waals surface area contributed by atoms with Gasteiger partial charge in [0.05, 0.1) is 11.1 Å². The number of nitrogens with zero attached hydrogens (tertiary/aromatic N) is 4. The van der Waals surface area contributed by atoms with Crippen molar-refractivity contribution in [1.82, 2.24) is 24.8 Å². The second-order valence-electron chi connectivity index (χ2n) is 16.7. The molecule has 10 nitrogen and oxygen atoms in total. The summed E-state index contributed by atoms with van der Waals surface area (Å²) >= 11 is 0. The number of fused-ring (bicyclic) bond motifs is 3. The Balaban J connectivity index is 1.10. The van der Waals surface area contributed by atoms with Crippen molar-refractivity contribution in [2.45, 2.75) is 120 Å². The van der Waals surface area contributed by atoms with E-state index in [9.17, 15) is 36.6 Å². The summed E-state index contributed by atoms with van der Waals surface area (Å²) in [5.41, 5.74) is -3.16. The van der Waals surface area contributed by atoms with Crippen molar-refractivity contribution < 1.29 is 46.1 Å². The van der Waals surface area contributed by atoms with Gasteiger partial charge in [0.1, 0.15) is 17.4 Å². The van der Waals surface area contributed by atoms with Crippen LogP contribution in [0.1, 0.15) is 106 Å². The second-order valence-corrected chi connectivity index (χ2v) is 16.7. The van der Waals surface area contributed by atoms with Gasteiger partial charge in [-0.2, -0.15) is 13.2 Å². The third kappa shape index (κ3) is 7.54. The van der Waals surface area contributed by atoms with E-state index in [0.717, 1.165) is 64.6 Å². The Bertz CT molecular complexity index is 1910. The Kier molecular flexibility index (Phi) is 10.1. The van der Waals surface area contributed by atoms with Crippen LogP contribution in [-0.4, -0.2) is 86.3 Å². The number of aromatic nitrogens is 3. The van der Waals surface area contributed by atoms with Crippen LogP contribution in [0.3, 0.4) is 0 Å². The summed E-state index contributed by atoms with van der Waals surface area (Å²) in [7, 11) is 0. The van der Waals surface area contributed by atoms with E-state index in [-0.39, 0.29) is 67.5 Å². The number of alkyl halides is 5. The van der Waals surface area contributed by atoms with Crippen molar-refractivity contribution in [3.63, 3.8) is 0 Å². The number of hydrogen-bond donors (Lipinski definition) is 2. The maximum Gasteiger partial charge on any atom is 0.434 e. The number of carboxylic acid groups (broad SMARTS) is 1. The number of piperidine rings is 1. The third-order valence-corrected chi connectivity index (χ3v) is 13.0.